The van der Waals surface area contributed by atoms with Gasteiger partial charge in [0.1, 0.15) is 0 Å². The molecule has 0 saturated carbocycles. The third-order valence-electron chi connectivity index (χ3n) is 2.41. The number of nitro groups is 1. The van der Waals surface area contributed by atoms with Crippen molar-refractivity contribution >= 4 is 21.6 Å². The van der Waals surface area contributed by atoms with Crippen molar-refractivity contribution in [1.29, 1.82) is 0 Å². The van der Waals surface area contributed by atoms with Crippen molar-refractivity contribution in [2.45, 2.75) is 6.92 Å². The topological polar surface area (TPSA) is 65.3 Å². The number of pyridine rings is 1. The summed E-state index contributed by atoms with van der Waals surface area (Å²) in [6.07, 6.45) is 0. The second-order valence-corrected chi connectivity index (χ2v) is 4.66. The molecular weight excluding hydrogens is 338 g/mol. The van der Waals surface area contributed by atoms with E-state index in [2.05, 4.69) is 20.9 Å². The Bertz CT molecular complexity index is 695. The summed E-state index contributed by atoms with van der Waals surface area (Å²) in [6.45, 7) is 1.70. The highest BCUT2D eigenvalue weighted by Gasteiger charge is 2.20. The molecule has 0 bridgehead atoms. The molecule has 0 aliphatic heterocycles. The first-order valence-electron chi connectivity index (χ1n) is 5.33. The maximum atomic E-state index is 13.6. The number of ether oxygens (including phenoxy) is 1. The number of aryl methyl sites for hydroxylation is 1. The number of hydrogen-bond donors (Lipinski definition) is 0. The molecular formula is C12H7BrF2N2O3. The van der Waals surface area contributed by atoms with E-state index in [1.165, 1.54) is 6.07 Å². The summed E-state index contributed by atoms with van der Waals surface area (Å²) in [7, 11) is 0. The maximum absolute atomic E-state index is 13.6. The number of rotatable bonds is 3. The van der Waals surface area contributed by atoms with Gasteiger partial charge in [0.25, 0.3) is 0 Å². The molecule has 0 fully saturated rings. The molecule has 0 atom stereocenters. The molecule has 0 spiro atoms. The zero-order valence-corrected chi connectivity index (χ0v) is 11.6. The molecule has 104 valence electrons. The van der Waals surface area contributed by atoms with Gasteiger partial charge < -0.3 is 4.74 Å². The van der Waals surface area contributed by atoms with Gasteiger partial charge >= 0.3 is 5.69 Å². The molecule has 5 nitrogen and oxygen atoms in total. The first-order chi connectivity index (χ1) is 9.38. The first kappa shape index (κ1) is 14.3. The van der Waals surface area contributed by atoms with Gasteiger partial charge in [-0.05, 0) is 28.9 Å². The van der Waals surface area contributed by atoms with E-state index in [9.17, 15) is 18.9 Å². The van der Waals surface area contributed by atoms with Crippen LogP contribution < -0.4 is 4.74 Å². The SMILES string of the molecule is Cc1nc(Oc2cc(F)c([N+](=O)[O-])cc2F)ccc1Br. The van der Waals surface area contributed by atoms with Crippen LogP contribution in [0, 0.1) is 28.7 Å². The van der Waals surface area contributed by atoms with E-state index in [1.807, 2.05) is 0 Å². The summed E-state index contributed by atoms with van der Waals surface area (Å²) in [6, 6.07) is 4.18. The summed E-state index contributed by atoms with van der Waals surface area (Å²) in [4.78, 5) is 13.5. The molecule has 0 saturated heterocycles. The normalized spacial score (nSPS) is 10.4. The quantitative estimate of drug-likeness (QED) is 0.620. The molecule has 1 aromatic heterocycles. The molecule has 1 aromatic carbocycles. The fraction of sp³-hybridized carbons (Fsp3) is 0.0833. The largest absolute Gasteiger partial charge is 0.436 e. The Morgan fingerprint density at radius 1 is 1.30 bits per heavy atom. The van der Waals surface area contributed by atoms with Crippen LogP contribution in [0.3, 0.4) is 0 Å². The molecule has 8 heteroatoms. The van der Waals surface area contributed by atoms with Crippen LogP contribution in [0.2, 0.25) is 0 Å². The first-order valence-corrected chi connectivity index (χ1v) is 6.12. The summed E-state index contributed by atoms with van der Waals surface area (Å²) >= 11 is 3.24. The maximum Gasteiger partial charge on any atom is 0.307 e. The van der Waals surface area contributed by atoms with E-state index >= 15 is 0 Å². The fourth-order valence-electron chi connectivity index (χ4n) is 1.43. The van der Waals surface area contributed by atoms with Gasteiger partial charge in [0.2, 0.25) is 11.7 Å². The minimum Gasteiger partial charge on any atom is -0.436 e. The lowest BCUT2D eigenvalue weighted by molar-refractivity contribution is -0.387. The zero-order valence-electron chi connectivity index (χ0n) is 10.1. The summed E-state index contributed by atoms with van der Waals surface area (Å²) in [5.74, 6) is -2.64. The molecule has 2 aromatic rings. The fourth-order valence-corrected chi connectivity index (χ4v) is 1.65. The van der Waals surface area contributed by atoms with Gasteiger partial charge in [-0.15, -0.1) is 0 Å². The third-order valence-corrected chi connectivity index (χ3v) is 3.25. The van der Waals surface area contributed by atoms with Gasteiger partial charge in [0.15, 0.2) is 11.6 Å². The monoisotopic (exact) mass is 344 g/mol. The molecule has 0 unspecified atom stereocenters. The smallest absolute Gasteiger partial charge is 0.307 e. The van der Waals surface area contributed by atoms with Crippen LogP contribution in [0.15, 0.2) is 28.7 Å². The van der Waals surface area contributed by atoms with Gasteiger partial charge in [-0.2, -0.15) is 4.39 Å². The molecule has 2 rings (SSSR count). The van der Waals surface area contributed by atoms with Gasteiger partial charge in [-0.1, -0.05) is 0 Å². The predicted molar refractivity (Wildman–Crippen MR) is 69.8 cm³/mol. The highest BCUT2D eigenvalue weighted by atomic mass is 79.9. The van der Waals surface area contributed by atoms with Crippen molar-refractivity contribution in [3.05, 3.63) is 56.2 Å². The minimum atomic E-state index is -1.18. The summed E-state index contributed by atoms with van der Waals surface area (Å²) in [5, 5.41) is 10.5. The van der Waals surface area contributed by atoms with E-state index in [4.69, 9.17) is 4.74 Å². The van der Waals surface area contributed by atoms with E-state index in [1.54, 1.807) is 13.0 Å². The predicted octanol–water partition coefficient (Wildman–Crippen LogP) is 4.13. The Balaban J connectivity index is 2.36. The highest BCUT2D eigenvalue weighted by Crippen LogP contribution is 2.30. The van der Waals surface area contributed by atoms with Crippen molar-refractivity contribution in [2.24, 2.45) is 0 Å². The third kappa shape index (κ3) is 2.90. The number of benzene rings is 1. The molecule has 0 aliphatic rings. The van der Waals surface area contributed by atoms with Crippen LogP contribution in [-0.4, -0.2) is 9.91 Å². The lowest BCUT2D eigenvalue weighted by Gasteiger charge is -2.07. The number of hydrogen-bond acceptors (Lipinski definition) is 4. The lowest BCUT2D eigenvalue weighted by Crippen LogP contribution is -1.97. The van der Waals surface area contributed by atoms with E-state index < -0.39 is 28.0 Å². The molecule has 20 heavy (non-hydrogen) atoms. The second kappa shape index (κ2) is 5.49. The average Bonchev–Trinajstić information content (AvgIpc) is 2.37. The molecule has 0 amide bonds. The van der Waals surface area contributed by atoms with Crippen LogP contribution in [0.25, 0.3) is 0 Å². The Hall–Kier alpha value is -2.09. The Labute approximate surface area is 120 Å². The second-order valence-electron chi connectivity index (χ2n) is 3.81. The number of halogens is 3. The Morgan fingerprint density at radius 3 is 2.60 bits per heavy atom. The molecule has 0 N–H and O–H groups in total. The molecule has 0 aliphatic carbocycles. The van der Waals surface area contributed by atoms with Crippen LogP contribution >= 0.6 is 15.9 Å². The van der Waals surface area contributed by atoms with Gasteiger partial charge in [-0.25, -0.2) is 9.37 Å². The lowest BCUT2D eigenvalue weighted by atomic mass is 10.3. The number of aromatic nitrogens is 1. The van der Waals surface area contributed by atoms with Crippen molar-refractivity contribution < 1.29 is 18.4 Å². The van der Waals surface area contributed by atoms with Crippen LogP contribution in [-0.2, 0) is 0 Å². The zero-order chi connectivity index (χ0) is 14.9. The van der Waals surface area contributed by atoms with Crippen LogP contribution in [0.1, 0.15) is 5.69 Å². The van der Waals surface area contributed by atoms with Crippen LogP contribution in [0.5, 0.6) is 11.6 Å². The molecule has 0 radical (unpaired) electrons. The standard InChI is InChI=1S/C12H7BrF2N2O3/c1-6-7(13)2-3-12(16-6)20-11-5-8(14)10(17(18)19)4-9(11)15/h2-5H,1H3. The van der Waals surface area contributed by atoms with Gasteiger partial charge in [0, 0.05) is 16.6 Å². The Kier molecular flexibility index (Phi) is 3.93. The Morgan fingerprint density at radius 2 is 2.00 bits per heavy atom. The highest BCUT2D eigenvalue weighted by molar-refractivity contribution is 9.10. The van der Waals surface area contributed by atoms with Crippen molar-refractivity contribution in [3.63, 3.8) is 0 Å². The van der Waals surface area contributed by atoms with E-state index in [0.717, 1.165) is 4.47 Å². The van der Waals surface area contributed by atoms with Crippen molar-refractivity contribution in [3.8, 4) is 11.6 Å². The molecule has 1 heterocycles. The minimum absolute atomic E-state index is 0.0536. The van der Waals surface area contributed by atoms with Gasteiger partial charge in [0.05, 0.1) is 16.7 Å². The van der Waals surface area contributed by atoms with Crippen molar-refractivity contribution in [2.75, 3.05) is 0 Å². The average molecular weight is 345 g/mol. The summed E-state index contributed by atoms with van der Waals surface area (Å²) < 4.78 is 32.9. The van der Waals surface area contributed by atoms with Crippen molar-refractivity contribution in [1.82, 2.24) is 4.98 Å². The number of nitrogens with zero attached hydrogens (tertiary/aromatic N) is 2. The summed E-state index contributed by atoms with van der Waals surface area (Å²) in [5.41, 5.74) is -0.347. The van der Waals surface area contributed by atoms with E-state index in [0.29, 0.717) is 17.8 Å². The van der Waals surface area contributed by atoms with Crippen LogP contribution in [0.4, 0.5) is 14.5 Å². The van der Waals surface area contributed by atoms with E-state index in [-0.39, 0.29) is 5.88 Å². The van der Waals surface area contributed by atoms with Gasteiger partial charge in [-0.3, -0.25) is 10.1 Å². The number of nitro benzene ring substituents is 1.